The molecule has 21 heavy (non-hydrogen) atoms. The molecule has 120 valence electrons. The van der Waals surface area contributed by atoms with Crippen molar-refractivity contribution in [2.24, 2.45) is 17.6 Å². The van der Waals surface area contributed by atoms with Gasteiger partial charge in [0.2, 0.25) is 5.91 Å². The molecule has 0 bridgehead atoms. The first-order chi connectivity index (χ1) is 9.90. The number of rotatable bonds is 7. The number of piperidine rings is 1. The Labute approximate surface area is 124 Å². The molecule has 0 saturated carbocycles. The SMILES string of the molecule is CC(CCNC(=O)N1CCCC(C(N)=O)C1)CCC(=O)O. The molecule has 2 atom stereocenters. The molecule has 0 aromatic rings. The monoisotopic (exact) mass is 299 g/mol. The molecule has 7 nitrogen and oxygen atoms in total. The number of nitrogens with zero attached hydrogens (tertiary/aromatic N) is 1. The summed E-state index contributed by atoms with van der Waals surface area (Å²) in [5.41, 5.74) is 5.28. The molecule has 1 saturated heterocycles. The Kier molecular flexibility index (Phi) is 6.98. The highest BCUT2D eigenvalue weighted by atomic mass is 16.4. The third kappa shape index (κ3) is 6.46. The number of hydrogen-bond acceptors (Lipinski definition) is 3. The van der Waals surface area contributed by atoms with Crippen LogP contribution in [0.2, 0.25) is 0 Å². The van der Waals surface area contributed by atoms with Gasteiger partial charge in [-0.3, -0.25) is 9.59 Å². The van der Waals surface area contributed by atoms with Gasteiger partial charge in [0, 0.05) is 26.1 Å². The number of amides is 3. The maximum absolute atomic E-state index is 12.0. The van der Waals surface area contributed by atoms with E-state index in [0.29, 0.717) is 26.1 Å². The van der Waals surface area contributed by atoms with Crippen molar-refractivity contribution < 1.29 is 19.5 Å². The highest BCUT2D eigenvalue weighted by Gasteiger charge is 2.26. The lowest BCUT2D eigenvalue weighted by Crippen LogP contribution is -2.48. The van der Waals surface area contributed by atoms with Crippen molar-refractivity contribution in [2.75, 3.05) is 19.6 Å². The van der Waals surface area contributed by atoms with Gasteiger partial charge in [-0.25, -0.2) is 4.79 Å². The maximum atomic E-state index is 12.0. The van der Waals surface area contributed by atoms with E-state index in [2.05, 4.69) is 5.32 Å². The molecule has 3 amide bonds. The van der Waals surface area contributed by atoms with Crippen molar-refractivity contribution in [3.8, 4) is 0 Å². The lowest BCUT2D eigenvalue weighted by molar-refractivity contribution is -0.137. The van der Waals surface area contributed by atoms with Crippen molar-refractivity contribution in [3.63, 3.8) is 0 Å². The Bertz CT molecular complexity index is 386. The van der Waals surface area contributed by atoms with E-state index >= 15 is 0 Å². The van der Waals surface area contributed by atoms with Gasteiger partial charge in [0.25, 0.3) is 0 Å². The predicted molar refractivity (Wildman–Crippen MR) is 77.5 cm³/mol. The van der Waals surface area contributed by atoms with E-state index < -0.39 is 5.97 Å². The maximum Gasteiger partial charge on any atom is 0.317 e. The Morgan fingerprint density at radius 2 is 2.10 bits per heavy atom. The Morgan fingerprint density at radius 3 is 2.71 bits per heavy atom. The number of carbonyl (C=O) groups is 3. The first kappa shape index (κ1) is 17.3. The van der Waals surface area contributed by atoms with Gasteiger partial charge in [0.15, 0.2) is 0 Å². The van der Waals surface area contributed by atoms with Gasteiger partial charge in [0.1, 0.15) is 0 Å². The second-order valence-electron chi connectivity index (χ2n) is 5.75. The zero-order valence-electron chi connectivity index (χ0n) is 12.5. The molecule has 0 spiro atoms. The minimum Gasteiger partial charge on any atom is -0.481 e. The molecule has 2 unspecified atom stereocenters. The number of likely N-dealkylation sites (tertiary alicyclic amines) is 1. The van der Waals surface area contributed by atoms with Crippen LogP contribution in [-0.2, 0) is 9.59 Å². The highest BCUT2D eigenvalue weighted by Crippen LogP contribution is 2.16. The predicted octanol–water partition coefficient (Wildman–Crippen LogP) is 0.784. The smallest absolute Gasteiger partial charge is 0.317 e. The summed E-state index contributed by atoms with van der Waals surface area (Å²) in [4.78, 5) is 35.2. The van der Waals surface area contributed by atoms with Crippen LogP contribution in [0, 0.1) is 11.8 Å². The van der Waals surface area contributed by atoms with Gasteiger partial charge in [0.05, 0.1) is 5.92 Å². The Morgan fingerprint density at radius 1 is 1.38 bits per heavy atom. The molecule has 1 rings (SSSR count). The van der Waals surface area contributed by atoms with Gasteiger partial charge in [-0.2, -0.15) is 0 Å². The molecule has 1 aliphatic rings. The fourth-order valence-corrected chi connectivity index (χ4v) is 2.45. The number of nitrogens with one attached hydrogen (secondary N) is 1. The van der Waals surface area contributed by atoms with Gasteiger partial charge >= 0.3 is 12.0 Å². The van der Waals surface area contributed by atoms with Crippen molar-refractivity contribution in [2.45, 2.75) is 39.0 Å². The van der Waals surface area contributed by atoms with E-state index in [1.54, 1.807) is 4.90 Å². The van der Waals surface area contributed by atoms with Crippen LogP contribution in [0.1, 0.15) is 39.0 Å². The average Bonchev–Trinajstić information content (AvgIpc) is 2.45. The van der Waals surface area contributed by atoms with Crippen LogP contribution in [0.4, 0.5) is 4.79 Å². The number of urea groups is 1. The number of carbonyl (C=O) groups excluding carboxylic acids is 2. The number of nitrogens with two attached hydrogens (primary N) is 1. The van der Waals surface area contributed by atoms with E-state index in [1.807, 2.05) is 6.92 Å². The molecule has 1 fully saturated rings. The summed E-state index contributed by atoms with van der Waals surface area (Å²) in [5.74, 6) is -1.15. The summed E-state index contributed by atoms with van der Waals surface area (Å²) in [5, 5.41) is 11.4. The van der Waals surface area contributed by atoms with E-state index in [0.717, 1.165) is 19.3 Å². The lowest BCUT2D eigenvalue weighted by Gasteiger charge is -2.31. The van der Waals surface area contributed by atoms with Crippen LogP contribution in [-0.4, -0.2) is 47.5 Å². The summed E-state index contributed by atoms with van der Waals surface area (Å²) in [6, 6.07) is -0.175. The quantitative estimate of drug-likeness (QED) is 0.644. The number of hydrogen-bond donors (Lipinski definition) is 3. The number of carboxylic acid groups (broad SMARTS) is 1. The van der Waals surface area contributed by atoms with E-state index in [-0.39, 0.29) is 30.2 Å². The van der Waals surface area contributed by atoms with Crippen LogP contribution >= 0.6 is 0 Å². The second kappa shape index (κ2) is 8.49. The molecule has 0 aliphatic carbocycles. The number of primary amides is 1. The summed E-state index contributed by atoms with van der Waals surface area (Å²) in [6.07, 6.45) is 3.04. The zero-order valence-corrected chi connectivity index (χ0v) is 12.5. The Balaban J connectivity index is 2.24. The third-order valence-electron chi connectivity index (χ3n) is 3.88. The lowest BCUT2D eigenvalue weighted by atomic mass is 9.98. The van der Waals surface area contributed by atoms with E-state index in [4.69, 9.17) is 10.8 Å². The van der Waals surface area contributed by atoms with Gasteiger partial charge in [-0.05, 0) is 31.6 Å². The summed E-state index contributed by atoms with van der Waals surface area (Å²) in [6.45, 7) is 3.51. The molecular formula is C14H25N3O4. The minimum atomic E-state index is -0.795. The molecular weight excluding hydrogens is 274 g/mol. The third-order valence-corrected chi connectivity index (χ3v) is 3.88. The molecule has 7 heteroatoms. The molecule has 0 radical (unpaired) electrons. The zero-order chi connectivity index (χ0) is 15.8. The van der Waals surface area contributed by atoms with E-state index in [1.165, 1.54) is 0 Å². The first-order valence-electron chi connectivity index (χ1n) is 7.44. The van der Waals surface area contributed by atoms with Crippen LogP contribution in [0.3, 0.4) is 0 Å². The minimum absolute atomic E-state index is 0.154. The van der Waals surface area contributed by atoms with Gasteiger partial charge in [-0.1, -0.05) is 6.92 Å². The molecule has 1 heterocycles. The first-order valence-corrected chi connectivity index (χ1v) is 7.44. The van der Waals surface area contributed by atoms with E-state index in [9.17, 15) is 14.4 Å². The van der Waals surface area contributed by atoms with Crippen molar-refractivity contribution >= 4 is 17.9 Å². The molecule has 1 aliphatic heterocycles. The summed E-state index contributed by atoms with van der Waals surface area (Å²) >= 11 is 0. The van der Waals surface area contributed by atoms with Gasteiger partial charge in [-0.15, -0.1) is 0 Å². The van der Waals surface area contributed by atoms with Crippen LogP contribution < -0.4 is 11.1 Å². The van der Waals surface area contributed by atoms with Crippen molar-refractivity contribution in [1.29, 1.82) is 0 Å². The normalized spacial score (nSPS) is 19.9. The fourth-order valence-electron chi connectivity index (χ4n) is 2.45. The standard InChI is InChI=1S/C14H25N3O4/c1-10(4-5-12(18)19)6-7-16-14(21)17-8-2-3-11(9-17)13(15)20/h10-11H,2-9H2,1H3,(H2,15,20)(H,16,21)(H,18,19). The molecule has 0 aromatic heterocycles. The van der Waals surface area contributed by atoms with Crippen LogP contribution in [0.5, 0.6) is 0 Å². The summed E-state index contributed by atoms with van der Waals surface area (Å²) in [7, 11) is 0. The average molecular weight is 299 g/mol. The Hall–Kier alpha value is -1.79. The topological polar surface area (TPSA) is 113 Å². The van der Waals surface area contributed by atoms with Gasteiger partial charge < -0.3 is 21.1 Å². The highest BCUT2D eigenvalue weighted by molar-refractivity contribution is 5.79. The van der Waals surface area contributed by atoms with Crippen LogP contribution in [0.25, 0.3) is 0 Å². The number of aliphatic carboxylic acids is 1. The van der Waals surface area contributed by atoms with Crippen molar-refractivity contribution in [1.82, 2.24) is 10.2 Å². The molecule has 4 N–H and O–H groups in total. The fraction of sp³-hybridized carbons (Fsp3) is 0.786. The van der Waals surface area contributed by atoms with Crippen LogP contribution in [0.15, 0.2) is 0 Å². The summed E-state index contributed by atoms with van der Waals surface area (Å²) < 4.78 is 0. The number of carboxylic acids is 1. The molecule has 0 aromatic carbocycles. The second-order valence-corrected chi connectivity index (χ2v) is 5.75. The largest absolute Gasteiger partial charge is 0.481 e. The van der Waals surface area contributed by atoms with Crippen molar-refractivity contribution in [3.05, 3.63) is 0 Å².